The lowest BCUT2D eigenvalue weighted by Crippen LogP contribution is -2.56. The van der Waals surface area contributed by atoms with Crippen molar-refractivity contribution in [3.8, 4) is 11.5 Å². The Hall–Kier alpha value is -1.95. The van der Waals surface area contributed by atoms with E-state index in [0.29, 0.717) is 42.9 Å². The standard InChI is InChI=1S/C22H28ClNO5/c1-27-17-4-2-3-5-18(17)28-7-6-24-19(25)13-29-20(26)21-9-15-8-16(10-21)12-22(23,11-15)14-21/h2-5,15-16H,6-14H2,1H3,(H,24,25)/t15-,16+,21?,22?. The molecule has 4 bridgehead atoms. The molecule has 29 heavy (non-hydrogen) atoms. The van der Waals surface area contributed by atoms with Crippen LogP contribution in [0.1, 0.15) is 38.5 Å². The van der Waals surface area contributed by atoms with Gasteiger partial charge < -0.3 is 19.5 Å². The maximum absolute atomic E-state index is 12.8. The number of carbonyl (C=O) groups is 2. The molecule has 4 fully saturated rings. The van der Waals surface area contributed by atoms with Crippen LogP contribution < -0.4 is 14.8 Å². The van der Waals surface area contributed by atoms with E-state index in [2.05, 4.69) is 5.32 Å². The SMILES string of the molecule is COc1ccccc1OCCNC(=O)COC(=O)C12C[C@@H]3C[C@@H](CC(Cl)(C3)C1)C2. The lowest BCUT2D eigenvalue weighted by molar-refractivity contribution is -0.171. The number of amides is 1. The molecule has 158 valence electrons. The third kappa shape index (κ3) is 4.32. The predicted molar refractivity (Wildman–Crippen MR) is 108 cm³/mol. The summed E-state index contributed by atoms with van der Waals surface area (Å²) in [5.41, 5.74) is -0.487. The Kier molecular flexibility index (Phi) is 5.65. The largest absolute Gasteiger partial charge is 0.493 e. The van der Waals surface area contributed by atoms with Crippen LogP contribution in [0.5, 0.6) is 11.5 Å². The van der Waals surface area contributed by atoms with Crippen LogP contribution >= 0.6 is 11.6 Å². The molecule has 0 saturated heterocycles. The Balaban J connectivity index is 1.20. The zero-order valence-electron chi connectivity index (χ0n) is 16.7. The van der Waals surface area contributed by atoms with E-state index in [9.17, 15) is 9.59 Å². The predicted octanol–water partition coefficient (Wildman–Crippen LogP) is 3.31. The third-order valence-corrected chi connectivity index (χ3v) is 6.95. The summed E-state index contributed by atoms with van der Waals surface area (Å²) in [6, 6.07) is 7.32. The lowest BCUT2D eigenvalue weighted by Gasteiger charge is -2.58. The molecule has 4 saturated carbocycles. The molecule has 1 N–H and O–H groups in total. The molecule has 4 aliphatic carbocycles. The number of esters is 1. The van der Waals surface area contributed by atoms with Crippen LogP contribution in [0.3, 0.4) is 0 Å². The molecule has 6 nitrogen and oxygen atoms in total. The minimum absolute atomic E-state index is 0.249. The first-order chi connectivity index (χ1) is 13.9. The number of hydrogen-bond acceptors (Lipinski definition) is 5. The van der Waals surface area contributed by atoms with E-state index in [4.69, 9.17) is 25.8 Å². The number of carbonyl (C=O) groups excluding carboxylic acids is 2. The van der Waals surface area contributed by atoms with Gasteiger partial charge in [-0.25, -0.2) is 0 Å². The van der Waals surface area contributed by atoms with E-state index in [1.165, 1.54) is 6.42 Å². The molecule has 1 aromatic rings. The number of rotatable bonds is 8. The summed E-state index contributed by atoms with van der Waals surface area (Å²) in [6.45, 7) is 0.344. The van der Waals surface area contributed by atoms with E-state index < -0.39 is 5.41 Å². The van der Waals surface area contributed by atoms with Crippen LogP contribution in [0.2, 0.25) is 0 Å². The van der Waals surface area contributed by atoms with Gasteiger partial charge in [-0.3, -0.25) is 9.59 Å². The zero-order valence-corrected chi connectivity index (χ0v) is 17.5. The number of para-hydroxylation sites is 2. The van der Waals surface area contributed by atoms with Crippen molar-refractivity contribution in [2.45, 2.75) is 43.4 Å². The van der Waals surface area contributed by atoms with Gasteiger partial charge in [0.25, 0.3) is 5.91 Å². The van der Waals surface area contributed by atoms with Crippen LogP contribution in [0, 0.1) is 17.3 Å². The molecule has 0 radical (unpaired) electrons. The van der Waals surface area contributed by atoms with Gasteiger partial charge in [-0.05, 0) is 62.5 Å². The van der Waals surface area contributed by atoms with Gasteiger partial charge >= 0.3 is 5.97 Å². The van der Waals surface area contributed by atoms with Gasteiger partial charge in [-0.1, -0.05) is 12.1 Å². The van der Waals surface area contributed by atoms with Crippen molar-refractivity contribution in [1.82, 2.24) is 5.32 Å². The van der Waals surface area contributed by atoms with Gasteiger partial charge in [0.15, 0.2) is 18.1 Å². The highest BCUT2D eigenvalue weighted by Gasteiger charge is 2.60. The van der Waals surface area contributed by atoms with Crippen molar-refractivity contribution in [2.24, 2.45) is 17.3 Å². The van der Waals surface area contributed by atoms with Crippen LogP contribution in [0.25, 0.3) is 0 Å². The number of halogens is 1. The molecule has 2 unspecified atom stereocenters. The molecular weight excluding hydrogens is 394 g/mol. The molecule has 1 amide bonds. The molecule has 5 rings (SSSR count). The van der Waals surface area contributed by atoms with E-state index in [1.54, 1.807) is 13.2 Å². The topological polar surface area (TPSA) is 73.9 Å². The van der Waals surface area contributed by atoms with Crippen molar-refractivity contribution in [1.29, 1.82) is 0 Å². The maximum Gasteiger partial charge on any atom is 0.312 e. The van der Waals surface area contributed by atoms with Gasteiger partial charge in [-0.2, -0.15) is 0 Å². The summed E-state index contributed by atoms with van der Waals surface area (Å²) in [6.07, 6.45) is 5.58. The fraction of sp³-hybridized carbons (Fsp3) is 0.636. The summed E-state index contributed by atoms with van der Waals surface area (Å²) in [5.74, 6) is 1.71. The molecule has 0 heterocycles. The normalized spacial score (nSPS) is 31.9. The molecule has 0 aliphatic heterocycles. The fourth-order valence-electron chi connectivity index (χ4n) is 5.81. The lowest BCUT2D eigenvalue weighted by atomic mass is 9.49. The average Bonchev–Trinajstić information content (AvgIpc) is 2.67. The van der Waals surface area contributed by atoms with Gasteiger partial charge in [0.2, 0.25) is 0 Å². The second-order valence-corrected chi connectivity index (χ2v) is 9.62. The number of ether oxygens (including phenoxy) is 3. The summed E-state index contributed by atoms with van der Waals surface area (Å²) in [4.78, 5) is 24.7. The van der Waals surface area contributed by atoms with E-state index >= 15 is 0 Å². The summed E-state index contributed by atoms with van der Waals surface area (Å²) in [7, 11) is 1.58. The molecule has 4 aliphatic rings. The second-order valence-electron chi connectivity index (χ2n) is 8.82. The van der Waals surface area contributed by atoms with Crippen molar-refractivity contribution in [3.05, 3.63) is 24.3 Å². The van der Waals surface area contributed by atoms with Crippen LogP contribution in [-0.4, -0.2) is 43.6 Å². The summed E-state index contributed by atoms with van der Waals surface area (Å²) < 4.78 is 16.2. The van der Waals surface area contributed by atoms with E-state index in [1.807, 2.05) is 18.2 Å². The van der Waals surface area contributed by atoms with E-state index in [-0.39, 0.29) is 23.4 Å². The number of hydrogen-bond donors (Lipinski definition) is 1. The van der Waals surface area contributed by atoms with Gasteiger partial charge in [0, 0.05) is 4.87 Å². The average molecular weight is 422 g/mol. The minimum atomic E-state index is -0.487. The smallest absolute Gasteiger partial charge is 0.312 e. The first kappa shape index (κ1) is 20.3. The van der Waals surface area contributed by atoms with Gasteiger partial charge in [-0.15, -0.1) is 11.6 Å². The van der Waals surface area contributed by atoms with Gasteiger partial charge in [0.1, 0.15) is 6.61 Å². The molecule has 0 spiro atoms. The molecule has 4 atom stereocenters. The Bertz CT molecular complexity index is 768. The molecule has 1 aromatic carbocycles. The Labute approximate surface area is 176 Å². The number of nitrogens with one attached hydrogen (secondary N) is 1. The van der Waals surface area contributed by atoms with Crippen molar-refractivity contribution >= 4 is 23.5 Å². The maximum atomic E-state index is 12.8. The monoisotopic (exact) mass is 421 g/mol. The van der Waals surface area contributed by atoms with Crippen molar-refractivity contribution in [3.63, 3.8) is 0 Å². The van der Waals surface area contributed by atoms with Gasteiger partial charge in [0.05, 0.1) is 19.1 Å². The van der Waals surface area contributed by atoms with Crippen LogP contribution in [0.4, 0.5) is 0 Å². The highest BCUT2D eigenvalue weighted by Crippen LogP contribution is 2.64. The highest BCUT2D eigenvalue weighted by molar-refractivity contribution is 6.24. The molecule has 0 aromatic heterocycles. The molecular formula is C22H28ClNO5. The first-order valence-corrected chi connectivity index (χ1v) is 10.7. The van der Waals surface area contributed by atoms with Crippen LogP contribution in [0.15, 0.2) is 24.3 Å². The summed E-state index contributed by atoms with van der Waals surface area (Å²) >= 11 is 6.77. The van der Waals surface area contributed by atoms with Crippen molar-refractivity contribution < 1.29 is 23.8 Å². The Morgan fingerprint density at radius 2 is 1.83 bits per heavy atom. The number of methoxy groups -OCH3 is 1. The number of alkyl halides is 1. The van der Waals surface area contributed by atoms with Crippen molar-refractivity contribution in [2.75, 3.05) is 26.9 Å². The highest BCUT2D eigenvalue weighted by atomic mass is 35.5. The summed E-state index contributed by atoms with van der Waals surface area (Å²) in [5, 5.41) is 2.72. The Morgan fingerprint density at radius 3 is 2.48 bits per heavy atom. The fourth-order valence-corrected chi connectivity index (χ4v) is 6.51. The zero-order chi connectivity index (χ0) is 20.5. The minimum Gasteiger partial charge on any atom is -0.493 e. The second kappa shape index (κ2) is 8.05. The third-order valence-electron chi connectivity index (χ3n) is 6.51. The van der Waals surface area contributed by atoms with E-state index in [0.717, 1.165) is 25.7 Å². The molecule has 7 heteroatoms. The first-order valence-electron chi connectivity index (χ1n) is 10.3. The van der Waals surface area contributed by atoms with Crippen LogP contribution in [-0.2, 0) is 14.3 Å². The number of benzene rings is 1. The Morgan fingerprint density at radius 1 is 1.14 bits per heavy atom. The quantitative estimate of drug-likeness (QED) is 0.396.